The van der Waals surface area contributed by atoms with E-state index < -0.39 is 0 Å². The fraction of sp³-hybridized carbons (Fsp3) is 0.600. The van der Waals surface area contributed by atoms with Gasteiger partial charge in [0.15, 0.2) is 0 Å². The maximum atomic E-state index is 11.9. The number of aryl methyl sites for hydroxylation is 1. The number of nitrogens with zero attached hydrogens (tertiary/aromatic N) is 2. The summed E-state index contributed by atoms with van der Waals surface area (Å²) in [7, 11) is 0. The SMILES string of the molecule is CCOC(=O)c1cc2c(nc1C)CCN(C(C)C)C2. The van der Waals surface area contributed by atoms with Crippen molar-refractivity contribution < 1.29 is 9.53 Å². The smallest absolute Gasteiger partial charge is 0.339 e. The van der Waals surface area contributed by atoms with Gasteiger partial charge < -0.3 is 4.74 Å². The van der Waals surface area contributed by atoms with Crippen LogP contribution in [0.4, 0.5) is 0 Å². The van der Waals surface area contributed by atoms with Crippen molar-refractivity contribution in [3.8, 4) is 0 Å². The lowest BCUT2D eigenvalue weighted by atomic mass is 10.0. The van der Waals surface area contributed by atoms with Crippen LogP contribution < -0.4 is 0 Å². The average molecular weight is 262 g/mol. The van der Waals surface area contributed by atoms with E-state index in [0.29, 0.717) is 18.2 Å². The Labute approximate surface area is 114 Å². The molecule has 1 aromatic heterocycles. The highest BCUT2D eigenvalue weighted by molar-refractivity contribution is 5.90. The largest absolute Gasteiger partial charge is 0.462 e. The fourth-order valence-electron chi connectivity index (χ4n) is 2.45. The quantitative estimate of drug-likeness (QED) is 0.784. The van der Waals surface area contributed by atoms with Gasteiger partial charge in [0.05, 0.1) is 17.9 Å². The number of aromatic nitrogens is 1. The maximum absolute atomic E-state index is 11.9. The van der Waals surface area contributed by atoms with Gasteiger partial charge in [-0.2, -0.15) is 0 Å². The Morgan fingerprint density at radius 3 is 2.89 bits per heavy atom. The van der Waals surface area contributed by atoms with Crippen molar-refractivity contribution in [1.29, 1.82) is 0 Å². The monoisotopic (exact) mass is 262 g/mol. The second kappa shape index (κ2) is 5.70. The van der Waals surface area contributed by atoms with Crippen LogP contribution in [0.15, 0.2) is 6.07 Å². The number of carbonyl (C=O) groups is 1. The van der Waals surface area contributed by atoms with Gasteiger partial charge in [0.1, 0.15) is 0 Å². The molecular weight excluding hydrogens is 240 g/mol. The highest BCUT2D eigenvalue weighted by Gasteiger charge is 2.22. The van der Waals surface area contributed by atoms with E-state index in [2.05, 4.69) is 23.7 Å². The molecule has 2 rings (SSSR count). The molecule has 104 valence electrons. The van der Waals surface area contributed by atoms with Crippen molar-refractivity contribution in [3.63, 3.8) is 0 Å². The summed E-state index contributed by atoms with van der Waals surface area (Å²) < 4.78 is 5.08. The fourth-order valence-corrected chi connectivity index (χ4v) is 2.45. The zero-order valence-corrected chi connectivity index (χ0v) is 12.2. The first-order valence-corrected chi connectivity index (χ1v) is 6.93. The summed E-state index contributed by atoms with van der Waals surface area (Å²) in [5.41, 5.74) is 3.66. The van der Waals surface area contributed by atoms with E-state index in [1.165, 1.54) is 0 Å². The molecule has 0 spiro atoms. The van der Waals surface area contributed by atoms with Gasteiger partial charge in [0, 0.05) is 31.2 Å². The van der Waals surface area contributed by atoms with E-state index in [0.717, 1.165) is 36.5 Å². The first-order chi connectivity index (χ1) is 9.02. The number of pyridine rings is 1. The van der Waals surface area contributed by atoms with Crippen LogP contribution in [0, 0.1) is 6.92 Å². The van der Waals surface area contributed by atoms with Crippen molar-refractivity contribution in [2.75, 3.05) is 13.2 Å². The van der Waals surface area contributed by atoms with E-state index in [1.54, 1.807) is 0 Å². The van der Waals surface area contributed by atoms with Crippen LogP contribution in [0.1, 0.15) is 48.1 Å². The van der Waals surface area contributed by atoms with Crippen LogP contribution in [-0.2, 0) is 17.7 Å². The number of fused-ring (bicyclic) bond motifs is 1. The van der Waals surface area contributed by atoms with Crippen molar-refractivity contribution in [3.05, 3.63) is 28.6 Å². The molecule has 0 aromatic carbocycles. The molecular formula is C15H22N2O2. The van der Waals surface area contributed by atoms with Gasteiger partial charge in [-0.05, 0) is 39.3 Å². The summed E-state index contributed by atoms with van der Waals surface area (Å²) in [6.07, 6.45) is 0.956. The molecule has 0 radical (unpaired) electrons. The zero-order chi connectivity index (χ0) is 14.0. The van der Waals surface area contributed by atoms with E-state index >= 15 is 0 Å². The van der Waals surface area contributed by atoms with Crippen molar-refractivity contribution in [2.45, 2.75) is 46.7 Å². The van der Waals surface area contributed by atoms with Gasteiger partial charge in [-0.25, -0.2) is 4.79 Å². The number of esters is 1. The van der Waals surface area contributed by atoms with E-state index in [9.17, 15) is 4.79 Å². The topological polar surface area (TPSA) is 42.4 Å². The lowest BCUT2D eigenvalue weighted by molar-refractivity contribution is 0.0524. The highest BCUT2D eigenvalue weighted by atomic mass is 16.5. The number of hydrogen-bond donors (Lipinski definition) is 0. The zero-order valence-electron chi connectivity index (χ0n) is 12.2. The van der Waals surface area contributed by atoms with Crippen LogP contribution in [-0.4, -0.2) is 35.0 Å². The molecule has 0 amide bonds. The Morgan fingerprint density at radius 2 is 2.26 bits per heavy atom. The Hall–Kier alpha value is -1.42. The third-order valence-electron chi connectivity index (χ3n) is 3.62. The molecule has 0 bridgehead atoms. The average Bonchev–Trinajstić information content (AvgIpc) is 2.37. The number of carbonyl (C=O) groups excluding carboxylic acids is 1. The molecule has 0 aliphatic carbocycles. The first kappa shape index (κ1) is 14.0. The van der Waals surface area contributed by atoms with Crippen LogP contribution in [0.3, 0.4) is 0 Å². The van der Waals surface area contributed by atoms with E-state index in [-0.39, 0.29) is 5.97 Å². The Bertz CT molecular complexity index is 483. The van der Waals surface area contributed by atoms with Crippen LogP contribution in [0.5, 0.6) is 0 Å². The molecule has 0 saturated heterocycles. The van der Waals surface area contributed by atoms with Crippen molar-refractivity contribution in [1.82, 2.24) is 9.88 Å². The molecule has 1 aliphatic heterocycles. The number of rotatable bonds is 3. The molecule has 0 saturated carbocycles. The summed E-state index contributed by atoms with van der Waals surface area (Å²) in [6, 6.07) is 2.48. The van der Waals surface area contributed by atoms with Crippen molar-refractivity contribution in [2.24, 2.45) is 0 Å². The Kier molecular flexibility index (Phi) is 4.20. The summed E-state index contributed by atoms with van der Waals surface area (Å²) in [5, 5.41) is 0. The number of ether oxygens (including phenoxy) is 1. The molecule has 0 unspecified atom stereocenters. The molecule has 1 aromatic rings. The minimum Gasteiger partial charge on any atom is -0.462 e. The van der Waals surface area contributed by atoms with Gasteiger partial charge in [-0.3, -0.25) is 9.88 Å². The molecule has 4 nitrogen and oxygen atoms in total. The third-order valence-corrected chi connectivity index (χ3v) is 3.62. The third kappa shape index (κ3) is 2.95. The van der Waals surface area contributed by atoms with Crippen LogP contribution >= 0.6 is 0 Å². The molecule has 0 N–H and O–H groups in total. The van der Waals surface area contributed by atoms with Gasteiger partial charge in [-0.1, -0.05) is 0 Å². The normalized spacial score (nSPS) is 15.4. The van der Waals surface area contributed by atoms with Gasteiger partial charge in [0.2, 0.25) is 0 Å². The summed E-state index contributed by atoms with van der Waals surface area (Å²) in [6.45, 7) is 10.4. The lowest BCUT2D eigenvalue weighted by Crippen LogP contribution is -2.36. The molecule has 19 heavy (non-hydrogen) atoms. The molecule has 1 aliphatic rings. The van der Waals surface area contributed by atoms with Crippen LogP contribution in [0.25, 0.3) is 0 Å². The van der Waals surface area contributed by atoms with Gasteiger partial charge in [-0.15, -0.1) is 0 Å². The minimum atomic E-state index is -0.267. The maximum Gasteiger partial charge on any atom is 0.339 e. The standard InChI is InChI=1S/C15H22N2O2/c1-5-19-15(18)13-8-12-9-17(10(2)3)7-6-14(12)16-11(13)4/h8,10H,5-7,9H2,1-4H3. The minimum absolute atomic E-state index is 0.267. The molecule has 0 atom stereocenters. The predicted molar refractivity (Wildman–Crippen MR) is 74.2 cm³/mol. The van der Waals surface area contributed by atoms with Gasteiger partial charge in [0.25, 0.3) is 0 Å². The Morgan fingerprint density at radius 1 is 1.53 bits per heavy atom. The second-order valence-electron chi connectivity index (χ2n) is 5.26. The van der Waals surface area contributed by atoms with Crippen molar-refractivity contribution >= 4 is 5.97 Å². The molecule has 2 heterocycles. The van der Waals surface area contributed by atoms with E-state index in [4.69, 9.17) is 4.74 Å². The summed E-state index contributed by atoms with van der Waals surface area (Å²) >= 11 is 0. The Balaban J connectivity index is 2.30. The molecule has 4 heteroatoms. The predicted octanol–water partition coefficient (Wildman–Crippen LogP) is 2.33. The first-order valence-electron chi connectivity index (χ1n) is 6.93. The summed E-state index contributed by atoms with van der Waals surface area (Å²) in [5.74, 6) is -0.267. The second-order valence-corrected chi connectivity index (χ2v) is 5.26. The summed E-state index contributed by atoms with van der Waals surface area (Å²) in [4.78, 5) is 18.9. The van der Waals surface area contributed by atoms with Gasteiger partial charge >= 0.3 is 5.97 Å². The van der Waals surface area contributed by atoms with Crippen LogP contribution in [0.2, 0.25) is 0 Å². The molecule has 0 fully saturated rings. The lowest BCUT2D eigenvalue weighted by Gasteiger charge is -2.31. The number of hydrogen-bond acceptors (Lipinski definition) is 4. The van der Waals surface area contributed by atoms with E-state index in [1.807, 2.05) is 19.9 Å². The highest BCUT2D eigenvalue weighted by Crippen LogP contribution is 2.22.